The summed E-state index contributed by atoms with van der Waals surface area (Å²) in [5.41, 5.74) is 1.88. The highest BCUT2D eigenvalue weighted by Gasteiger charge is 2.33. The number of aromatic nitrogens is 1. The Bertz CT molecular complexity index is 1370. The molecule has 3 aromatic rings. The van der Waals surface area contributed by atoms with Crippen LogP contribution in [-0.2, 0) is 9.53 Å². The number of nitrogens with zero attached hydrogens (tertiary/aromatic N) is 2. The Morgan fingerprint density at radius 3 is 2.74 bits per heavy atom. The maximum absolute atomic E-state index is 13.4. The van der Waals surface area contributed by atoms with Crippen LogP contribution in [0.25, 0.3) is 6.08 Å². The van der Waals surface area contributed by atoms with Gasteiger partial charge in [-0.3, -0.25) is 9.36 Å². The van der Waals surface area contributed by atoms with E-state index in [0.29, 0.717) is 26.2 Å². The number of benzene rings is 2. The van der Waals surface area contributed by atoms with E-state index in [0.717, 1.165) is 10.0 Å². The van der Waals surface area contributed by atoms with Crippen LogP contribution in [0.1, 0.15) is 31.0 Å². The summed E-state index contributed by atoms with van der Waals surface area (Å²) < 4.78 is 8.00. The molecule has 1 aliphatic rings. The quantitative estimate of drug-likeness (QED) is 0.559. The second-order valence-corrected chi connectivity index (χ2v) is 8.84. The minimum atomic E-state index is -0.644. The van der Waals surface area contributed by atoms with Gasteiger partial charge in [-0.1, -0.05) is 57.6 Å². The molecule has 6 nitrogen and oxygen atoms in total. The fraction of sp³-hybridized carbons (Fsp3) is 0.174. The molecule has 2 heterocycles. The van der Waals surface area contributed by atoms with Crippen LogP contribution in [0.15, 0.2) is 74.1 Å². The molecule has 0 saturated heterocycles. The third-order valence-corrected chi connectivity index (χ3v) is 6.38. The Morgan fingerprint density at radius 1 is 1.29 bits per heavy atom. The molecule has 2 aromatic carbocycles. The van der Waals surface area contributed by atoms with Gasteiger partial charge in [0.15, 0.2) is 4.80 Å². The highest BCUT2D eigenvalue weighted by Crippen LogP contribution is 2.30. The molecule has 8 heteroatoms. The second-order valence-electron chi connectivity index (χ2n) is 6.92. The summed E-state index contributed by atoms with van der Waals surface area (Å²) in [6.45, 7) is 3.72. The molecule has 0 spiro atoms. The first kappa shape index (κ1) is 21.3. The van der Waals surface area contributed by atoms with E-state index in [9.17, 15) is 14.7 Å². The Hall–Kier alpha value is -2.97. The average Bonchev–Trinajstić information content (AvgIpc) is 3.05. The number of phenolic OH excluding ortho intramolecular Hbond substituents is 1. The largest absolute Gasteiger partial charge is 0.507 e. The molecule has 1 aliphatic heterocycles. The number of allylic oxidation sites excluding steroid dienone is 1. The average molecular weight is 499 g/mol. The lowest BCUT2D eigenvalue weighted by Crippen LogP contribution is -2.39. The van der Waals surface area contributed by atoms with Crippen LogP contribution in [0.4, 0.5) is 0 Å². The zero-order chi connectivity index (χ0) is 22.1. The molecular formula is C23H19BrN2O4S. The number of carbonyl (C=O) groups is 1. The van der Waals surface area contributed by atoms with Gasteiger partial charge in [0.1, 0.15) is 5.75 Å². The Balaban J connectivity index is 1.97. The third-order valence-electron chi connectivity index (χ3n) is 4.91. The maximum Gasteiger partial charge on any atom is 0.338 e. The molecule has 0 saturated carbocycles. The van der Waals surface area contributed by atoms with Gasteiger partial charge in [-0.05, 0) is 43.7 Å². The van der Waals surface area contributed by atoms with Crippen molar-refractivity contribution >= 4 is 39.3 Å². The first-order valence-electron chi connectivity index (χ1n) is 9.64. The lowest BCUT2D eigenvalue weighted by Gasteiger charge is -2.24. The fourth-order valence-electron chi connectivity index (χ4n) is 3.52. The molecule has 0 amide bonds. The zero-order valence-electron chi connectivity index (χ0n) is 16.8. The topological polar surface area (TPSA) is 80.9 Å². The van der Waals surface area contributed by atoms with Gasteiger partial charge in [-0.2, -0.15) is 0 Å². The zero-order valence-corrected chi connectivity index (χ0v) is 19.2. The van der Waals surface area contributed by atoms with E-state index in [1.807, 2.05) is 30.3 Å². The van der Waals surface area contributed by atoms with Gasteiger partial charge < -0.3 is 9.84 Å². The Labute approximate surface area is 190 Å². The number of hydrogen-bond donors (Lipinski definition) is 1. The maximum atomic E-state index is 13.4. The van der Waals surface area contributed by atoms with Crippen molar-refractivity contribution in [2.75, 3.05) is 6.61 Å². The van der Waals surface area contributed by atoms with Crippen LogP contribution in [0.3, 0.4) is 0 Å². The third kappa shape index (κ3) is 4.00. The summed E-state index contributed by atoms with van der Waals surface area (Å²) in [4.78, 5) is 31.3. The normalized spacial score (nSPS) is 16.1. The number of esters is 1. The minimum Gasteiger partial charge on any atom is -0.507 e. The molecule has 0 fully saturated rings. The van der Waals surface area contributed by atoms with Crippen LogP contribution >= 0.6 is 27.3 Å². The predicted octanol–water partition coefficient (Wildman–Crippen LogP) is 3.27. The summed E-state index contributed by atoms with van der Waals surface area (Å²) in [6, 6.07) is 13.7. The number of halogens is 1. The van der Waals surface area contributed by atoms with Gasteiger partial charge in [0.05, 0.1) is 28.5 Å². The number of fused-ring (bicyclic) bond motifs is 1. The number of hydrogen-bond acceptors (Lipinski definition) is 6. The Kier molecular flexibility index (Phi) is 5.93. The molecule has 4 rings (SSSR count). The minimum absolute atomic E-state index is 0.0667. The van der Waals surface area contributed by atoms with Gasteiger partial charge in [0.2, 0.25) is 0 Å². The molecule has 1 unspecified atom stereocenters. The van der Waals surface area contributed by atoms with Crippen LogP contribution in [0.2, 0.25) is 0 Å². The summed E-state index contributed by atoms with van der Waals surface area (Å²) >= 11 is 4.60. The number of rotatable bonds is 4. The predicted molar refractivity (Wildman–Crippen MR) is 123 cm³/mol. The second kappa shape index (κ2) is 8.64. The highest BCUT2D eigenvalue weighted by atomic mass is 79.9. The number of carbonyl (C=O) groups excluding carboxylic acids is 1. The van der Waals surface area contributed by atoms with E-state index < -0.39 is 12.0 Å². The van der Waals surface area contributed by atoms with Crippen molar-refractivity contribution in [2.24, 2.45) is 4.99 Å². The van der Waals surface area contributed by atoms with Crippen molar-refractivity contribution in [2.45, 2.75) is 19.9 Å². The SMILES string of the molecule is CCOC(=O)C1=C(C)N=c2s/c(=C/c3cc(Br)ccc3O)c(=O)n2C1c1ccccc1. The molecule has 0 bridgehead atoms. The first-order valence-corrected chi connectivity index (χ1v) is 11.2. The van der Waals surface area contributed by atoms with Crippen LogP contribution in [0.5, 0.6) is 5.75 Å². The van der Waals surface area contributed by atoms with Gasteiger partial charge in [0.25, 0.3) is 5.56 Å². The van der Waals surface area contributed by atoms with E-state index in [2.05, 4.69) is 20.9 Å². The van der Waals surface area contributed by atoms with Crippen molar-refractivity contribution in [1.82, 2.24) is 4.57 Å². The van der Waals surface area contributed by atoms with Gasteiger partial charge in [-0.15, -0.1) is 0 Å². The molecule has 158 valence electrons. The molecular weight excluding hydrogens is 480 g/mol. The van der Waals surface area contributed by atoms with E-state index in [1.165, 1.54) is 15.9 Å². The molecule has 0 aliphatic carbocycles. The fourth-order valence-corrected chi connectivity index (χ4v) is 4.94. The summed E-state index contributed by atoms with van der Waals surface area (Å²) in [6.07, 6.45) is 1.63. The van der Waals surface area contributed by atoms with Crippen LogP contribution < -0.4 is 14.9 Å². The van der Waals surface area contributed by atoms with Crippen molar-refractivity contribution < 1.29 is 14.6 Å². The van der Waals surface area contributed by atoms with E-state index in [4.69, 9.17) is 4.74 Å². The number of aromatic hydroxyl groups is 1. The lowest BCUT2D eigenvalue weighted by atomic mass is 9.96. The monoisotopic (exact) mass is 498 g/mol. The van der Waals surface area contributed by atoms with Crippen LogP contribution in [-0.4, -0.2) is 22.2 Å². The van der Waals surface area contributed by atoms with Gasteiger partial charge in [0, 0.05) is 10.0 Å². The first-order chi connectivity index (χ1) is 14.9. The van der Waals surface area contributed by atoms with Crippen LogP contribution in [0, 0.1) is 0 Å². The summed E-state index contributed by atoms with van der Waals surface area (Å²) in [5, 5.41) is 10.2. The number of phenols is 1. The summed E-state index contributed by atoms with van der Waals surface area (Å²) in [5.74, 6) is -0.423. The van der Waals surface area contributed by atoms with Crippen molar-refractivity contribution in [1.29, 1.82) is 0 Å². The molecule has 31 heavy (non-hydrogen) atoms. The van der Waals surface area contributed by atoms with Gasteiger partial charge in [-0.25, -0.2) is 9.79 Å². The summed E-state index contributed by atoms with van der Waals surface area (Å²) in [7, 11) is 0. The molecule has 1 atom stereocenters. The van der Waals surface area contributed by atoms with Crippen molar-refractivity contribution in [3.63, 3.8) is 0 Å². The van der Waals surface area contributed by atoms with E-state index >= 15 is 0 Å². The smallest absolute Gasteiger partial charge is 0.338 e. The molecule has 0 radical (unpaired) electrons. The molecule has 1 aromatic heterocycles. The number of ether oxygens (including phenoxy) is 1. The highest BCUT2D eigenvalue weighted by molar-refractivity contribution is 9.10. The molecule has 1 N–H and O–H groups in total. The van der Waals surface area contributed by atoms with E-state index in [1.54, 1.807) is 38.1 Å². The number of thiazole rings is 1. The Morgan fingerprint density at radius 2 is 2.03 bits per heavy atom. The lowest BCUT2D eigenvalue weighted by molar-refractivity contribution is -0.139. The standard InChI is InChI=1S/C23H19BrN2O4S/c1-3-30-22(29)19-13(2)25-23-26(20(19)14-7-5-4-6-8-14)21(28)18(31-23)12-15-11-16(24)9-10-17(15)27/h4-12,20,27H,3H2,1-2H3/b18-12+. The van der Waals surface area contributed by atoms with E-state index in [-0.39, 0.29) is 17.9 Å². The van der Waals surface area contributed by atoms with Crippen molar-refractivity contribution in [3.05, 3.63) is 95.1 Å². The van der Waals surface area contributed by atoms with Crippen molar-refractivity contribution in [3.8, 4) is 5.75 Å². The van der Waals surface area contributed by atoms with Gasteiger partial charge >= 0.3 is 5.97 Å².